The summed E-state index contributed by atoms with van der Waals surface area (Å²) < 4.78 is 16.8. The second-order valence-corrected chi connectivity index (χ2v) is 19.8. The molecule has 0 aliphatic carbocycles. The van der Waals surface area contributed by atoms with E-state index in [1.54, 1.807) is 0 Å². The Hall–Kier alpha value is -3.93. The predicted octanol–water partition coefficient (Wildman–Crippen LogP) is 20.7. The van der Waals surface area contributed by atoms with Gasteiger partial charge in [0, 0.05) is 19.3 Å². The molecule has 6 heteroatoms. The average molecular weight is 1010 g/mol. The van der Waals surface area contributed by atoms with Crippen LogP contribution in [0.5, 0.6) is 0 Å². The van der Waals surface area contributed by atoms with Crippen molar-refractivity contribution in [2.75, 3.05) is 13.2 Å². The molecule has 0 saturated heterocycles. The van der Waals surface area contributed by atoms with E-state index in [9.17, 15) is 14.4 Å². The molecule has 0 spiro atoms. The number of rotatable bonds is 54. The van der Waals surface area contributed by atoms with Crippen LogP contribution >= 0.6 is 0 Å². The van der Waals surface area contributed by atoms with Crippen LogP contribution in [0, 0.1) is 0 Å². The van der Waals surface area contributed by atoms with Crippen LogP contribution in [-0.4, -0.2) is 37.2 Å². The summed E-state index contributed by atoms with van der Waals surface area (Å²) in [6.07, 6.45) is 82.4. The summed E-state index contributed by atoms with van der Waals surface area (Å²) in [4.78, 5) is 38.2. The van der Waals surface area contributed by atoms with Gasteiger partial charge in [-0.25, -0.2) is 0 Å². The number of esters is 3. The van der Waals surface area contributed by atoms with Crippen LogP contribution in [0.2, 0.25) is 0 Å². The van der Waals surface area contributed by atoms with E-state index >= 15 is 0 Å². The number of allylic oxidation sites excluding steroid dienone is 18. The maximum Gasteiger partial charge on any atom is 0.306 e. The van der Waals surface area contributed by atoms with Crippen LogP contribution < -0.4 is 0 Å². The highest BCUT2D eigenvalue weighted by molar-refractivity contribution is 5.71. The second-order valence-electron chi connectivity index (χ2n) is 19.8. The molecule has 0 aliphatic rings. The fourth-order valence-electron chi connectivity index (χ4n) is 8.24. The lowest BCUT2D eigenvalue weighted by atomic mass is 10.0. The molecule has 6 nitrogen and oxygen atoms in total. The number of unbranched alkanes of at least 4 members (excludes halogenated alkanes) is 25. The number of carbonyl (C=O) groups excluding carboxylic acids is 3. The van der Waals surface area contributed by atoms with E-state index in [0.29, 0.717) is 19.3 Å². The van der Waals surface area contributed by atoms with Crippen LogP contribution in [0.25, 0.3) is 0 Å². The van der Waals surface area contributed by atoms with Gasteiger partial charge in [-0.1, -0.05) is 246 Å². The van der Waals surface area contributed by atoms with Gasteiger partial charge in [0.1, 0.15) is 13.2 Å². The number of hydrogen-bond acceptors (Lipinski definition) is 6. The normalized spacial score (nSPS) is 12.9. The van der Waals surface area contributed by atoms with Crippen molar-refractivity contribution in [1.29, 1.82) is 0 Å². The first-order valence-corrected chi connectivity index (χ1v) is 30.4. The smallest absolute Gasteiger partial charge is 0.306 e. The molecule has 1 unspecified atom stereocenters. The van der Waals surface area contributed by atoms with Gasteiger partial charge >= 0.3 is 17.9 Å². The maximum atomic E-state index is 12.9. The molecule has 0 fully saturated rings. The van der Waals surface area contributed by atoms with Gasteiger partial charge in [-0.05, 0) is 122 Å². The topological polar surface area (TPSA) is 78.9 Å². The van der Waals surface area contributed by atoms with Gasteiger partial charge < -0.3 is 14.2 Å². The summed E-state index contributed by atoms with van der Waals surface area (Å²) in [5.41, 5.74) is 0. The first kappa shape index (κ1) is 69.1. The zero-order valence-electron chi connectivity index (χ0n) is 47.6. The summed E-state index contributed by atoms with van der Waals surface area (Å²) in [7, 11) is 0. The lowest BCUT2D eigenvalue weighted by molar-refractivity contribution is -0.167. The number of ether oxygens (including phenoxy) is 3. The molecule has 0 aromatic rings. The molecular formula is C67H112O6. The standard InChI is InChI=1S/C67H112O6/c1-4-7-10-13-16-19-22-25-27-28-29-30-31-32-33-34-35-36-37-38-40-42-45-48-51-54-57-60-66(69)72-63-64(62-71-65(68)59-56-53-50-47-44-41-24-21-18-15-12-9-6-3)73-67(70)61-58-55-52-49-46-43-39-26-23-20-17-14-11-8-5-2/h7,9-10,12,16-21,25-27,29-30,39,41,44,64H,4-6,8,11,13-15,22-24,28,31-38,40,42-43,45-63H2,1-3H3/b10-7-,12-9-,19-16-,20-17-,21-18-,27-25-,30-29-,39-26-,44-41-. The zero-order valence-corrected chi connectivity index (χ0v) is 47.6. The molecule has 0 saturated carbocycles. The molecule has 0 N–H and O–H groups in total. The molecule has 1 atom stereocenters. The molecule has 73 heavy (non-hydrogen) atoms. The molecular weight excluding hydrogens is 901 g/mol. The third-order valence-corrected chi connectivity index (χ3v) is 12.7. The van der Waals surface area contributed by atoms with Crippen molar-refractivity contribution < 1.29 is 28.6 Å². The Morgan fingerprint density at radius 2 is 0.534 bits per heavy atom. The van der Waals surface area contributed by atoms with Gasteiger partial charge in [0.15, 0.2) is 6.10 Å². The molecule has 416 valence electrons. The Labute approximate surface area is 450 Å². The van der Waals surface area contributed by atoms with E-state index < -0.39 is 6.10 Å². The SMILES string of the molecule is CC/C=C\C/C=C\C/C=C\C/C=C\CCCCCCCCCCCCCCCCC(=O)OCC(COC(=O)CCCCC/C=C\C/C=C\C/C=C\CC)OC(=O)CCCCCCC/C=C\C/C=C\CCCCC. The summed E-state index contributed by atoms with van der Waals surface area (Å²) >= 11 is 0. The highest BCUT2D eigenvalue weighted by atomic mass is 16.6. The lowest BCUT2D eigenvalue weighted by Crippen LogP contribution is -2.30. The minimum absolute atomic E-state index is 0.0936. The predicted molar refractivity (Wildman–Crippen MR) is 316 cm³/mol. The molecule has 0 radical (unpaired) electrons. The Bertz CT molecular complexity index is 1490. The Balaban J connectivity index is 4.29. The van der Waals surface area contributed by atoms with Crippen LogP contribution in [0.1, 0.15) is 278 Å². The molecule has 0 aliphatic heterocycles. The maximum absolute atomic E-state index is 12.9. The van der Waals surface area contributed by atoms with Crippen molar-refractivity contribution in [2.24, 2.45) is 0 Å². The third-order valence-electron chi connectivity index (χ3n) is 12.7. The van der Waals surface area contributed by atoms with Crippen LogP contribution in [0.15, 0.2) is 109 Å². The lowest BCUT2D eigenvalue weighted by Gasteiger charge is -2.18. The summed E-state index contributed by atoms with van der Waals surface area (Å²) in [5.74, 6) is -0.935. The second kappa shape index (κ2) is 60.6. The zero-order chi connectivity index (χ0) is 52.9. The average Bonchev–Trinajstić information content (AvgIpc) is 3.39. The first-order valence-electron chi connectivity index (χ1n) is 30.4. The largest absolute Gasteiger partial charge is 0.462 e. The van der Waals surface area contributed by atoms with Gasteiger partial charge in [0.25, 0.3) is 0 Å². The molecule has 0 amide bonds. The van der Waals surface area contributed by atoms with Gasteiger partial charge in [0.2, 0.25) is 0 Å². The Morgan fingerprint density at radius 3 is 0.849 bits per heavy atom. The highest BCUT2D eigenvalue weighted by Crippen LogP contribution is 2.16. The fraction of sp³-hybridized carbons (Fsp3) is 0.687. The van der Waals surface area contributed by atoms with Crippen molar-refractivity contribution in [3.63, 3.8) is 0 Å². The number of hydrogen-bond donors (Lipinski definition) is 0. The van der Waals surface area contributed by atoms with Gasteiger partial charge in [0.05, 0.1) is 0 Å². The number of carbonyl (C=O) groups is 3. The van der Waals surface area contributed by atoms with E-state index in [4.69, 9.17) is 14.2 Å². The third kappa shape index (κ3) is 58.8. The highest BCUT2D eigenvalue weighted by Gasteiger charge is 2.19. The minimum atomic E-state index is -0.799. The molecule has 0 bridgehead atoms. The van der Waals surface area contributed by atoms with Gasteiger partial charge in [-0.15, -0.1) is 0 Å². The monoisotopic (exact) mass is 1010 g/mol. The van der Waals surface area contributed by atoms with E-state index in [-0.39, 0.29) is 31.1 Å². The van der Waals surface area contributed by atoms with Crippen LogP contribution in [0.3, 0.4) is 0 Å². The van der Waals surface area contributed by atoms with Crippen molar-refractivity contribution in [3.05, 3.63) is 109 Å². The van der Waals surface area contributed by atoms with Gasteiger partial charge in [-0.2, -0.15) is 0 Å². The van der Waals surface area contributed by atoms with Crippen molar-refractivity contribution in [1.82, 2.24) is 0 Å². The van der Waals surface area contributed by atoms with E-state index in [1.807, 2.05) is 0 Å². The molecule has 0 aromatic heterocycles. The van der Waals surface area contributed by atoms with Crippen molar-refractivity contribution in [3.8, 4) is 0 Å². The Kier molecular flexibility index (Phi) is 57.4. The van der Waals surface area contributed by atoms with Crippen LogP contribution in [-0.2, 0) is 28.6 Å². The Morgan fingerprint density at radius 1 is 0.288 bits per heavy atom. The molecule has 0 aromatic carbocycles. The van der Waals surface area contributed by atoms with E-state index in [0.717, 1.165) is 135 Å². The van der Waals surface area contributed by atoms with E-state index in [1.165, 1.54) is 103 Å². The van der Waals surface area contributed by atoms with Gasteiger partial charge in [-0.3, -0.25) is 14.4 Å². The molecule has 0 heterocycles. The molecule has 0 rings (SSSR count). The van der Waals surface area contributed by atoms with Crippen molar-refractivity contribution in [2.45, 2.75) is 284 Å². The first-order chi connectivity index (χ1) is 36.0. The quantitative estimate of drug-likeness (QED) is 0.0261. The fourth-order valence-corrected chi connectivity index (χ4v) is 8.24. The van der Waals surface area contributed by atoms with Crippen molar-refractivity contribution >= 4 is 17.9 Å². The summed E-state index contributed by atoms with van der Waals surface area (Å²) in [6, 6.07) is 0. The summed E-state index contributed by atoms with van der Waals surface area (Å²) in [6.45, 7) is 6.36. The minimum Gasteiger partial charge on any atom is -0.462 e. The summed E-state index contributed by atoms with van der Waals surface area (Å²) in [5, 5.41) is 0. The van der Waals surface area contributed by atoms with Crippen LogP contribution in [0.4, 0.5) is 0 Å². The van der Waals surface area contributed by atoms with E-state index in [2.05, 4.69) is 130 Å².